The molecule has 1 heterocycles. The van der Waals surface area contributed by atoms with Crippen LogP contribution in [0.4, 0.5) is 0 Å². The summed E-state index contributed by atoms with van der Waals surface area (Å²) in [5, 5.41) is 1.92. The van der Waals surface area contributed by atoms with E-state index in [2.05, 4.69) is 37.9 Å². The summed E-state index contributed by atoms with van der Waals surface area (Å²) in [5.41, 5.74) is 2.48. The molecule has 1 aromatic heterocycles. The Balaban J connectivity index is 2.69. The first-order valence-corrected chi connectivity index (χ1v) is 5.14. The molecular weight excluding hydrogens is 194 g/mol. The molecular formula is C12H14ClN. The second-order valence-corrected chi connectivity index (χ2v) is 5.04. The lowest BCUT2D eigenvalue weighted by Gasteiger charge is -2.15. The zero-order valence-corrected chi connectivity index (χ0v) is 9.44. The highest BCUT2D eigenvalue weighted by molar-refractivity contribution is 6.35. The van der Waals surface area contributed by atoms with Crippen LogP contribution in [0, 0.1) is 0 Å². The normalized spacial score (nSPS) is 12.3. The van der Waals surface area contributed by atoms with Gasteiger partial charge in [0.2, 0.25) is 0 Å². The van der Waals surface area contributed by atoms with Crippen LogP contribution in [0.1, 0.15) is 26.5 Å². The van der Waals surface area contributed by atoms with Crippen molar-refractivity contribution < 1.29 is 0 Å². The van der Waals surface area contributed by atoms with Gasteiger partial charge in [0, 0.05) is 27.0 Å². The van der Waals surface area contributed by atoms with E-state index in [1.807, 2.05) is 12.1 Å². The molecule has 1 nitrogen and oxygen atoms in total. The number of fused-ring (bicyclic) bond motifs is 1. The van der Waals surface area contributed by atoms with Gasteiger partial charge in [0.1, 0.15) is 0 Å². The molecule has 1 N–H and O–H groups in total. The molecule has 0 saturated carbocycles. The molecule has 0 aliphatic heterocycles. The predicted octanol–water partition coefficient (Wildman–Crippen LogP) is 4.12. The van der Waals surface area contributed by atoms with Gasteiger partial charge in [-0.15, -0.1) is 0 Å². The lowest BCUT2D eigenvalue weighted by molar-refractivity contribution is 0.574. The monoisotopic (exact) mass is 207 g/mol. The third-order valence-corrected chi connectivity index (χ3v) is 2.75. The van der Waals surface area contributed by atoms with Gasteiger partial charge in [0.05, 0.1) is 0 Å². The Morgan fingerprint density at radius 2 is 1.93 bits per heavy atom. The van der Waals surface area contributed by atoms with Gasteiger partial charge in [0.25, 0.3) is 0 Å². The molecule has 14 heavy (non-hydrogen) atoms. The Kier molecular flexibility index (Phi) is 2.07. The molecule has 2 heteroatoms. The second-order valence-electron chi connectivity index (χ2n) is 4.63. The maximum absolute atomic E-state index is 6.10. The highest BCUT2D eigenvalue weighted by Gasteiger charge is 2.16. The second kappa shape index (κ2) is 3.03. The van der Waals surface area contributed by atoms with Gasteiger partial charge in [-0.05, 0) is 18.2 Å². The summed E-state index contributed by atoms with van der Waals surface area (Å²) in [5.74, 6) is 0. The van der Waals surface area contributed by atoms with Crippen molar-refractivity contribution in [2.24, 2.45) is 0 Å². The van der Waals surface area contributed by atoms with Crippen LogP contribution in [-0.4, -0.2) is 4.98 Å². The van der Waals surface area contributed by atoms with E-state index in [4.69, 9.17) is 11.6 Å². The summed E-state index contributed by atoms with van der Waals surface area (Å²) >= 11 is 6.10. The van der Waals surface area contributed by atoms with Crippen LogP contribution < -0.4 is 0 Å². The molecule has 2 aromatic rings. The Bertz CT molecular complexity index is 463. The average Bonchev–Trinajstić information content (AvgIpc) is 2.48. The zero-order valence-electron chi connectivity index (χ0n) is 8.69. The number of aromatic nitrogens is 1. The molecule has 0 spiro atoms. The molecule has 1 aromatic carbocycles. The van der Waals surface area contributed by atoms with E-state index < -0.39 is 0 Å². The first kappa shape index (κ1) is 9.60. The molecule has 0 aliphatic rings. The number of nitrogens with one attached hydrogen (secondary N) is 1. The quantitative estimate of drug-likeness (QED) is 0.669. The summed E-state index contributed by atoms with van der Waals surface area (Å²) in [6.07, 6.45) is 0. The Morgan fingerprint density at radius 3 is 2.50 bits per heavy atom. The van der Waals surface area contributed by atoms with Crippen molar-refractivity contribution in [2.45, 2.75) is 26.2 Å². The van der Waals surface area contributed by atoms with Gasteiger partial charge in [-0.1, -0.05) is 38.4 Å². The number of hydrogen-bond donors (Lipinski definition) is 1. The standard InChI is InChI=1S/C12H14ClN/c1-12(2,3)11-7-8-9(13)5-4-6-10(8)14-11/h4-7,14H,1-3H3. The molecule has 0 saturated heterocycles. The van der Waals surface area contributed by atoms with Crippen molar-refractivity contribution in [3.05, 3.63) is 35.0 Å². The van der Waals surface area contributed by atoms with Gasteiger partial charge in [-0.3, -0.25) is 0 Å². The van der Waals surface area contributed by atoms with E-state index in [0.717, 1.165) is 15.9 Å². The van der Waals surface area contributed by atoms with Crippen LogP contribution in [0.3, 0.4) is 0 Å². The van der Waals surface area contributed by atoms with Crippen molar-refractivity contribution in [3.63, 3.8) is 0 Å². The minimum Gasteiger partial charge on any atom is -0.358 e. The minimum atomic E-state index is 0.141. The molecule has 0 radical (unpaired) electrons. The van der Waals surface area contributed by atoms with E-state index in [1.54, 1.807) is 0 Å². The van der Waals surface area contributed by atoms with Crippen LogP contribution in [0.15, 0.2) is 24.3 Å². The predicted molar refractivity (Wildman–Crippen MR) is 62.0 cm³/mol. The van der Waals surface area contributed by atoms with E-state index in [0.29, 0.717) is 0 Å². The van der Waals surface area contributed by atoms with Gasteiger partial charge in [-0.2, -0.15) is 0 Å². The number of benzene rings is 1. The number of rotatable bonds is 0. The Labute approximate surface area is 89.1 Å². The van der Waals surface area contributed by atoms with Crippen molar-refractivity contribution in [1.82, 2.24) is 4.98 Å². The van der Waals surface area contributed by atoms with Crippen molar-refractivity contribution in [2.75, 3.05) is 0 Å². The van der Waals surface area contributed by atoms with E-state index in [1.165, 1.54) is 5.69 Å². The Morgan fingerprint density at radius 1 is 1.21 bits per heavy atom. The van der Waals surface area contributed by atoms with Crippen LogP contribution in [0.5, 0.6) is 0 Å². The molecule has 2 rings (SSSR count). The van der Waals surface area contributed by atoms with E-state index in [-0.39, 0.29) is 5.41 Å². The number of H-pyrrole nitrogens is 1. The fourth-order valence-corrected chi connectivity index (χ4v) is 1.75. The van der Waals surface area contributed by atoms with E-state index >= 15 is 0 Å². The third kappa shape index (κ3) is 1.53. The fraction of sp³-hybridized carbons (Fsp3) is 0.333. The smallest absolute Gasteiger partial charge is 0.0499 e. The van der Waals surface area contributed by atoms with Crippen molar-refractivity contribution in [1.29, 1.82) is 0 Å². The number of halogens is 1. The number of aromatic amines is 1. The van der Waals surface area contributed by atoms with Crippen LogP contribution >= 0.6 is 11.6 Å². The lowest BCUT2D eigenvalue weighted by atomic mass is 9.92. The minimum absolute atomic E-state index is 0.141. The topological polar surface area (TPSA) is 15.8 Å². The molecule has 0 amide bonds. The molecule has 0 atom stereocenters. The maximum Gasteiger partial charge on any atom is 0.0499 e. The highest BCUT2D eigenvalue weighted by atomic mass is 35.5. The van der Waals surface area contributed by atoms with Gasteiger partial charge in [-0.25, -0.2) is 0 Å². The lowest BCUT2D eigenvalue weighted by Crippen LogP contribution is -2.10. The molecule has 0 fully saturated rings. The zero-order chi connectivity index (χ0) is 10.3. The van der Waals surface area contributed by atoms with Crippen molar-refractivity contribution >= 4 is 22.5 Å². The molecule has 0 unspecified atom stereocenters. The van der Waals surface area contributed by atoms with Gasteiger partial charge >= 0.3 is 0 Å². The summed E-state index contributed by atoms with van der Waals surface area (Å²) in [7, 11) is 0. The summed E-state index contributed by atoms with van der Waals surface area (Å²) in [4.78, 5) is 3.39. The molecule has 0 aliphatic carbocycles. The molecule has 0 bridgehead atoms. The third-order valence-electron chi connectivity index (χ3n) is 2.42. The summed E-state index contributed by atoms with van der Waals surface area (Å²) in [6, 6.07) is 8.08. The van der Waals surface area contributed by atoms with Crippen LogP contribution in [-0.2, 0) is 5.41 Å². The maximum atomic E-state index is 6.10. The Hall–Kier alpha value is -0.950. The van der Waals surface area contributed by atoms with Gasteiger partial charge < -0.3 is 4.98 Å². The first-order chi connectivity index (χ1) is 6.48. The first-order valence-electron chi connectivity index (χ1n) is 4.76. The number of hydrogen-bond acceptors (Lipinski definition) is 0. The fourth-order valence-electron chi connectivity index (χ4n) is 1.52. The van der Waals surface area contributed by atoms with Crippen LogP contribution in [0.25, 0.3) is 10.9 Å². The van der Waals surface area contributed by atoms with Crippen LogP contribution in [0.2, 0.25) is 5.02 Å². The highest BCUT2D eigenvalue weighted by Crippen LogP contribution is 2.29. The SMILES string of the molecule is CC(C)(C)c1cc2c(Cl)cccc2[nH]1. The van der Waals surface area contributed by atoms with Gasteiger partial charge in [0.15, 0.2) is 0 Å². The largest absolute Gasteiger partial charge is 0.358 e. The van der Waals surface area contributed by atoms with E-state index in [9.17, 15) is 0 Å². The average molecular weight is 208 g/mol. The summed E-state index contributed by atoms with van der Waals surface area (Å²) < 4.78 is 0. The molecule has 74 valence electrons. The van der Waals surface area contributed by atoms with Crippen molar-refractivity contribution in [3.8, 4) is 0 Å². The summed E-state index contributed by atoms with van der Waals surface area (Å²) in [6.45, 7) is 6.56.